The number of ether oxygens (including phenoxy) is 5. The van der Waals surface area contributed by atoms with Gasteiger partial charge in [-0.05, 0) is 60.9 Å². The first-order valence-corrected chi connectivity index (χ1v) is 14.7. The summed E-state index contributed by atoms with van der Waals surface area (Å²) in [4.78, 5) is 15.9. The van der Waals surface area contributed by atoms with Crippen LogP contribution in [0.4, 0.5) is 0 Å². The fourth-order valence-corrected chi connectivity index (χ4v) is 5.53. The number of carbonyl (C=O) groups is 1. The molecule has 0 radical (unpaired) electrons. The number of amides is 1. The SMILES string of the molecule is COc1ccc(CN2C(=O)[C@@H](OCc3ccccc3)[C@H](OCc3ccccc3)[C@H]2CCCOC2CCCCO2)cc1. The van der Waals surface area contributed by atoms with Gasteiger partial charge in [0.1, 0.15) is 11.9 Å². The molecule has 2 saturated heterocycles. The van der Waals surface area contributed by atoms with Crippen LogP contribution in [-0.2, 0) is 43.5 Å². The van der Waals surface area contributed by atoms with E-state index in [9.17, 15) is 4.79 Å². The van der Waals surface area contributed by atoms with Crippen LogP contribution in [0.15, 0.2) is 84.9 Å². The summed E-state index contributed by atoms with van der Waals surface area (Å²) in [5.41, 5.74) is 3.11. The molecule has 7 heteroatoms. The minimum absolute atomic E-state index is 0.0451. The van der Waals surface area contributed by atoms with Crippen molar-refractivity contribution in [3.63, 3.8) is 0 Å². The zero-order valence-corrected chi connectivity index (χ0v) is 23.9. The first-order valence-electron chi connectivity index (χ1n) is 14.7. The molecule has 218 valence electrons. The molecule has 1 amide bonds. The number of nitrogens with zero attached hydrogens (tertiary/aromatic N) is 1. The predicted octanol–water partition coefficient (Wildman–Crippen LogP) is 5.90. The van der Waals surface area contributed by atoms with Crippen molar-refractivity contribution >= 4 is 5.91 Å². The smallest absolute Gasteiger partial charge is 0.255 e. The van der Waals surface area contributed by atoms with Crippen LogP contribution in [0, 0.1) is 0 Å². The molecule has 2 aliphatic heterocycles. The summed E-state index contributed by atoms with van der Waals surface area (Å²) in [5, 5.41) is 0. The largest absolute Gasteiger partial charge is 0.497 e. The molecule has 4 atom stereocenters. The second-order valence-electron chi connectivity index (χ2n) is 10.7. The van der Waals surface area contributed by atoms with Gasteiger partial charge in [0.2, 0.25) is 0 Å². The van der Waals surface area contributed by atoms with Gasteiger partial charge in [-0.3, -0.25) is 4.79 Å². The van der Waals surface area contributed by atoms with E-state index >= 15 is 0 Å². The van der Waals surface area contributed by atoms with E-state index in [1.807, 2.05) is 89.8 Å². The highest BCUT2D eigenvalue weighted by atomic mass is 16.7. The second-order valence-corrected chi connectivity index (χ2v) is 10.7. The highest BCUT2D eigenvalue weighted by Gasteiger charge is 2.49. The summed E-state index contributed by atoms with van der Waals surface area (Å²) in [6, 6.07) is 27.7. The quantitative estimate of drug-likeness (QED) is 0.229. The van der Waals surface area contributed by atoms with Crippen LogP contribution in [0.2, 0.25) is 0 Å². The molecule has 2 aliphatic rings. The van der Waals surface area contributed by atoms with Crippen LogP contribution >= 0.6 is 0 Å². The third-order valence-corrected chi connectivity index (χ3v) is 7.76. The molecule has 1 unspecified atom stereocenters. The highest BCUT2D eigenvalue weighted by molar-refractivity contribution is 5.85. The Balaban J connectivity index is 1.34. The average Bonchev–Trinajstić information content (AvgIpc) is 3.27. The molecule has 0 aromatic heterocycles. The van der Waals surface area contributed by atoms with Crippen LogP contribution in [0.3, 0.4) is 0 Å². The van der Waals surface area contributed by atoms with E-state index in [-0.39, 0.29) is 18.2 Å². The van der Waals surface area contributed by atoms with Gasteiger partial charge in [-0.1, -0.05) is 72.8 Å². The van der Waals surface area contributed by atoms with Crippen LogP contribution in [0.1, 0.15) is 48.8 Å². The molecule has 2 fully saturated rings. The maximum atomic E-state index is 14.0. The van der Waals surface area contributed by atoms with Gasteiger partial charge in [-0.25, -0.2) is 0 Å². The topological polar surface area (TPSA) is 66.5 Å². The van der Waals surface area contributed by atoms with Crippen molar-refractivity contribution in [1.29, 1.82) is 0 Å². The van der Waals surface area contributed by atoms with Gasteiger partial charge >= 0.3 is 0 Å². The van der Waals surface area contributed by atoms with Crippen LogP contribution in [-0.4, -0.2) is 55.7 Å². The van der Waals surface area contributed by atoms with E-state index in [2.05, 4.69) is 0 Å². The number of carbonyl (C=O) groups excluding carboxylic acids is 1. The molecule has 0 N–H and O–H groups in total. The normalized spacial score (nSPS) is 22.7. The Kier molecular flexibility index (Phi) is 10.8. The van der Waals surface area contributed by atoms with Gasteiger partial charge in [0.15, 0.2) is 12.4 Å². The molecular formula is C34H41NO6. The summed E-state index contributed by atoms with van der Waals surface area (Å²) in [6.07, 6.45) is 3.43. The van der Waals surface area contributed by atoms with E-state index < -0.39 is 12.2 Å². The van der Waals surface area contributed by atoms with Gasteiger partial charge in [0.25, 0.3) is 5.91 Å². The van der Waals surface area contributed by atoms with E-state index in [0.717, 1.165) is 61.2 Å². The predicted molar refractivity (Wildman–Crippen MR) is 156 cm³/mol. The van der Waals surface area contributed by atoms with Gasteiger partial charge in [-0.2, -0.15) is 0 Å². The first kappa shape index (κ1) is 29.3. The number of rotatable bonds is 14. The highest BCUT2D eigenvalue weighted by Crippen LogP contribution is 2.32. The zero-order valence-electron chi connectivity index (χ0n) is 23.9. The molecule has 2 heterocycles. The van der Waals surface area contributed by atoms with E-state index in [4.69, 9.17) is 23.7 Å². The molecular weight excluding hydrogens is 518 g/mol. The van der Waals surface area contributed by atoms with E-state index in [1.165, 1.54) is 0 Å². The van der Waals surface area contributed by atoms with Gasteiger partial charge in [-0.15, -0.1) is 0 Å². The minimum Gasteiger partial charge on any atom is -0.497 e. The van der Waals surface area contributed by atoms with Crippen LogP contribution < -0.4 is 4.74 Å². The molecule has 3 aromatic carbocycles. The Bertz CT molecular complexity index is 1180. The molecule has 7 nitrogen and oxygen atoms in total. The van der Waals surface area contributed by atoms with Crippen molar-refractivity contribution in [2.75, 3.05) is 20.3 Å². The Labute approximate surface area is 243 Å². The van der Waals surface area contributed by atoms with Crippen molar-refractivity contribution in [2.24, 2.45) is 0 Å². The molecule has 0 saturated carbocycles. The monoisotopic (exact) mass is 559 g/mol. The van der Waals surface area contributed by atoms with E-state index in [1.54, 1.807) is 7.11 Å². The third kappa shape index (κ3) is 8.17. The number of likely N-dealkylation sites (tertiary alicyclic amines) is 1. The second kappa shape index (κ2) is 15.1. The minimum atomic E-state index is -0.704. The van der Waals surface area contributed by atoms with E-state index in [0.29, 0.717) is 26.4 Å². The lowest BCUT2D eigenvalue weighted by atomic mass is 10.0. The third-order valence-electron chi connectivity index (χ3n) is 7.76. The molecule has 0 aliphatic carbocycles. The lowest BCUT2D eigenvalue weighted by molar-refractivity contribution is -0.163. The van der Waals surface area contributed by atoms with Gasteiger partial charge < -0.3 is 28.6 Å². The number of hydrogen-bond acceptors (Lipinski definition) is 6. The molecule has 5 rings (SSSR count). The molecule has 41 heavy (non-hydrogen) atoms. The van der Waals surface area contributed by atoms with Crippen molar-refractivity contribution < 1.29 is 28.5 Å². The Morgan fingerprint density at radius 2 is 1.49 bits per heavy atom. The maximum absolute atomic E-state index is 14.0. The standard InChI is InChI=1S/C34H41NO6/c1-37-29-19-17-26(18-20-29)23-35-30(15-10-22-39-31-16-8-9-21-38-31)32(40-24-27-11-4-2-5-12-27)33(34(35)36)41-25-28-13-6-3-7-14-28/h2-7,11-14,17-20,30-33H,8-10,15-16,21-25H2,1H3/t30-,31?,32-,33+/m1/s1. The molecule has 0 bridgehead atoms. The summed E-state index contributed by atoms with van der Waals surface area (Å²) in [6.45, 7) is 2.55. The Morgan fingerprint density at radius 3 is 2.12 bits per heavy atom. The summed E-state index contributed by atoms with van der Waals surface area (Å²) in [5.74, 6) is 0.740. The number of methoxy groups -OCH3 is 1. The Hall–Kier alpha value is -3.23. The number of hydrogen-bond donors (Lipinski definition) is 0. The Morgan fingerprint density at radius 1 is 0.805 bits per heavy atom. The fraction of sp³-hybridized carbons (Fsp3) is 0.441. The number of benzene rings is 3. The van der Waals surface area contributed by atoms with Crippen LogP contribution in [0.25, 0.3) is 0 Å². The summed E-state index contributed by atoms with van der Waals surface area (Å²) >= 11 is 0. The zero-order chi connectivity index (χ0) is 28.3. The van der Waals surface area contributed by atoms with Crippen molar-refractivity contribution in [2.45, 2.75) is 76.4 Å². The van der Waals surface area contributed by atoms with Crippen LogP contribution in [0.5, 0.6) is 5.75 Å². The van der Waals surface area contributed by atoms with Crippen molar-refractivity contribution in [3.8, 4) is 5.75 Å². The summed E-state index contributed by atoms with van der Waals surface area (Å²) < 4.78 is 30.0. The van der Waals surface area contributed by atoms with Crippen molar-refractivity contribution in [1.82, 2.24) is 4.90 Å². The first-order chi connectivity index (χ1) is 20.2. The van der Waals surface area contributed by atoms with Gasteiger partial charge in [0.05, 0.1) is 26.4 Å². The average molecular weight is 560 g/mol. The maximum Gasteiger partial charge on any atom is 0.255 e. The molecule has 0 spiro atoms. The fourth-order valence-electron chi connectivity index (χ4n) is 5.53. The summed E-state index contributed by atoms with van der Waals surface area (Å²) in [7, 11) is 1.65. The van der Waals surface area contributed by atoms with Crippen molar-refractivity contribution in [3.05, 3.63) is 102 Å². The van der Waals surface area contributed by atoms with Gasteiger partial charge in [0, 0.05) is 19.8 Å². The lowest BCUT2D eigenvalue weighted by Crippen LogP contribution is -2.38. The lowest BCUT2D eigenvalue weighted by Gasteiger charge is -2.29. The molecule has 3 aromatic rings.